The van der Waals surface area contributed by atoms with E-state index in [1.54, 1.807) is 0 Å². The largest absolute Gasteiger partial charge is 0.354 e. The second-order valence-corrected chi connectivity index (χ2v) is 4.37. The summed E-state index contributed by atoms with van der Waals surface area (Å²) in [5.74, 6) is 0.205. The lowest BCUT2D eigenvalue weighted by Gasteiger charge is -2.28. The number of para-hydroxylation sites is 1. The average Bonchev–Trinajstić information content (AvgIpc) is 2.81. The number of Topliss-reactive ketones (excluding diaryl/α,β-unsaturated/α-hetero) is 1. The van der Waals surface area contributed by atoms with Gasteiger partial charge in [-0.1, -0.05) is 18.7 Å². The van der Waals surface area contributed by atoms with E-state index in [1.165, 1.54) is 0 Å². The fourth-order valence-electron chi connectivity index (χ4n) is 2.93. The van der Waals surface area contributed by atoms with E-state index in [0.717, 1.165) is 30.6 Å². The van der Waals surface area contributed by atoms with E-state index in [-0.39, 0.29) is 5.78 Å². The van der Waals surface area contributed by atoms with Crippen LogP contribution in [-0.2, 0) is 0 Å². The first-order valence-corrected chi connectivity index (χ1v) is 5.58. The summed E-state index contributed by atoms with van der Waals surface area (Å²) < 4.78 is 0. The van der Waals surface area contributed by atoms with Crippen molar-refractivity contribution in [1.29, 1.82) is 0 Å². The quantitative estimate of drug-likeness (QED) is 0.665. The minimum Gasteiger partial charge on any atom is -0.354 e. The number of rotatable bonds is 1. The van der Waals surface area contributed by atoms with E-state index in [1.807, 2.05) is 30.3 Å². The predicted molar refractivity (Wildman–Crippen MR) is 63.8 cm³/mol. The van der Waals surface area contributed by atoms with E-state index >= 15 is 0 Å². The van der Waals surface area contributed by atoms with Crippen molar-refractivity contribution in [3.63, 3.8) is 0 Å². The molecule has 1 aromatic rings. The summed E-state index contributed by atoms with van der Waals surface area (Å²) in [7, 11) is 0. The SMILES string of the molecule is C=C=CC12CCCN1c1ccccc1C2=O. The molecule has 80 valence electrons. The van der Waals surface area contributed by atoms with E-state index in [0.29, 0.717) is 0 Å². The zero-order valence-electron chi connectivity index (χ0n) is 9.07. The molecule has 0 amide bonds. The number of carbonyl (C=O) groups is 1. The van der Waals surface area contributed by atoms with Gasteiger partial charge in [0.15, 0.2) is 5.78 Å². The van der Waals surface area contributed by atoms with Crippen molar-refractivity contribution in [1.82, 2.24) is 0 Å². The third-order valence-corrected chi connectivity index (χ3v) is 3.59. The highest BCUT2D eigenvalue weighted by Gasteiger charge is 2.51. The van der Waals surface area contributed by atoms with Crippen molar-refractivity contribution in [3.05, 3.63) is 48.2 Å². The molecule has 1 aromatic carbocycles. The van der Waals surface area contributed by atoms with Crippen molar-refractivity contribution in [2.75, 3.05) is 11.4 Å². The van der Waals surface area contributed by atoms with Gasteiger partial charge in [-0.15, -0.1) is 5.73 Å². The van der Waals surface area contributed by atoms with E-state index < -0.39 is 5.54 Å². The molecular formula is C14H13NO. The Morgan fingerprint density at radius 2 is 2.25 bits per heavy atom. The summed E-state index contributed by atoms with van der Waals surface area (Å²) in [6.07, 6.45) is 3.77. The fraction of sp³-hybridized carbons (Fsp3) is 0.286. The Hall–Kier alpha value is -1.79. The van der Waals surface area contributed by atoms with Crippen LogP contribution >= 0.6 is 0 Å². The van der Waals surface area contributed by atoms with Gasteiger partial charge in [-0.05, 0) is 31.1 Å². The van der Waals surface area contributed by atoms with Crippen LogP contribution in [0.2, 0.25) is 0 Å². The monoisotopic (exact) mass is 211 g/mol. The van der Waals surface area contributed by atoms with Gasteiger partial charge in [0.2, 0.25) is 0 Å². The molecule has 0 saturated carbocycles. The molecule has 2 nitrogen and oxygen atoms in total. The molecule has 1 atom stereocenters. The summed E-state index contributed by atoms with van der Waals surface area (Å²) in [5.41, 5.74) is 4.23. The number of hydrogen-bond donors (Lipinski definition) is 0. The molecule has 1 unspecified atom stereocenters. The Kier molecular flexibility index (Phi) is 1.83. The topological polar surface area (TPSA) is 20.3 Å². The molecule has 2 heterocycles. The van der Waals surface area contributed by atoms with Crippen molar-refractivity contribution in [2.45, 2.75) is 18.4 Å². The highest BCUT2D eigenvalue weighted by Crippen LogP contribution is 2.45. The molecule has 0 N–H and O–H groups in total. The first kappa shape index (κ1) is 9.44. The summed E-state index contributed by atoms with van der Waals surface area (Å²) in [6, 6.07) is 7.84. The number of fused-ring (bicyclic) bond motifs is 3. The first-order valence-electron chi connectivity index (χ1n) is 5.58. The zero-order valence-corrected chi connectivity index (χ0v) is 9.07. The van der Waals surface area contributed by atoms with Crippen molar-refractivity contribution >= 4 is 11.5 Å². The average molecular weight is 211 g/mol. The number of nitrogens with zero attached hydrogens (tertiary/aromatic N) is 1. The van der Waals surface area contributed by atoms with Gasteiger partial charge in [-0.25, -0.2) is 0 Å². The molecule has 1 saturated heterocycles. The molecule has 2 aliphatic rings. The maximum Gasteiger partial charge on any atom is 0.195 e. The van der Waals surface area contributed by atoms with Gasteiger partial charge >= 0.3 is 0 Å². The van der Waals surface area contributed by atoms with Crippen LogP contribution < -0.4 is 4.90 Å². The van der Waals surface area contributed by atoms with Crippen LogP contribution in [0.25, 0.3) is 0 Å². The van der Waals surface area contributed by atoms with Crippen LogP contribution in [0, 0.1) is 0 Å². The highest BCUT2D eigenvalue weighted by atomic mass is 16.1. The van der Waals surface area contributed by atoms with Crippen LogP contribution in [-0.4, -0.2) is 17.9 Å². The molecule has 0 aliphatic carbocycles. The number of carbonyl (C=O) groups excluding carboxylic acids is 1. The van der Waals surface area contributed by atoms with E-state index in [2.05, 4.69) is 17.2 Å². The number of ketones is 1. The fourth-order valence-corrected chi connectivity index (χ4v) is 2.93. The lowest BCUT2D eigenvalue weighted by Crippen LogP contribution is -2.43. The van der Waals surface area contributed by atoms with Gasteiger partial charge in [0.25, 0.3) is 0 Å². The Labute approximate surface area is 94.9 Å². The highest BCUT2D eigenvalue weighted by molar-refractivity contribution is 6.15. The summed E-state index contributed by atoms with van der Waals surface area (Å²) in [5, 5.41) is 0. The number of hydrogen-bond acceptors (Lipinski definition) is 2. The number of benzene rings is 1. The molecule has 0 bridgehead atoms. The Balaban J connectivity index is 2.24. The number of anilines is 1. The normalized spacial score (nSPS) is 26.2. The minimum absolute atomic E-state index is 0.205. The van der Waals surface area contributed by atoms with Crippen LogP contribution in [0.1, 0.15) is 23.2 Å². The zero-order chi connectivity index (χ0) is 11.2. The molecule has 0 spiro atoms. The van der Waals surface area contributed by atoms with Crippen LogP contribution in [0.3, 0.4) is 0 Å². The molecule has 0 radical (unpaired) electrons. The Morgan fingerprint density at radius 1 is 1.44 bits per heavy atom. The summed E-state index contributed by atoms with van der Waals surface area (Å²) in [6.45, 7) is 4.56. The van der Waals surface area contributed by atoms with Crippen molar-refractivity contribution in [2.24, 2.45) is 0 Å². The van der Waals surface area contributed by atoms with Gasteiger partial charge in [0, 0.05) is 17.8 Å². The third-order valence-electron chi connectivity index (χ3n) is 3.59. The van der Waals surface area contributed by atoms with Gasteiger partial charge < -0.3 is 4.90 Å². The molecule has 0 aromatic heterocycles. The van der Waals surface area contributed by atoms with Crippen molar-refractivity contribution in [3.8, 4) is 0 Å². The Morgan fingerprint density at radius 3 is 3.06 bits per heavy atom. The van der Waals surface area contributed by atoms with Gasteiger partial charge in [-0.3, -0.25) is 4.79 Å². The third kappa shape index (κ3) is 0.949. The standard InChI is InChI=1S/C14H13NO/c1-2-8-14-9-5-10-15(14)12-7-4-3-6-11(12)13(14)16/h3-4,6-8H,1,5,9-10H2. The molecule has 16 heavy (non-hydrogen) atoms. The maximum atomic E-state index is 12.4. The predicted octanol–water partition coefficient (Wildman–Crippen LogP) is 2.56. The lowest BCUT2D eigenvalue weighted by atomic mass is 9.90. The van der Waals surface area contributed by atoms with Gasteiger partial charge in [0.05, 0.1) is 0 Å². The smallest absolute Gasteiger partial charge is 0.195 e. The summed E-state index contributed by atoms with van der Waals surface area (Å²) in [4.78, 5) is 14.6. The van der Waals surface area contributed by atoms with Gasteiger partial charge in [0.1, 0.15) is 5.54 Å². The van der Waals surface area contributed by atoms with Gasteiger partial charge in [-0.2, -0.15) is 0 Å². The lowest BCUT2D eigenvalue weighted by molar-refractivity contribution is 0.0938. The first-order chi connectivity index (χ1) is 7.79. The molecule has 1 fully saturated rings. The molecule has 2 heteroatoms. The molecule has 2 aliphatic heterocycles. The van der Waals surface area contributed by atoms with Crippen LogP contribution in [0.15, 0.2) is 42.7 Å². The molecular weight excluding hydrogens is 198 g/mol. The van der Waals surface area contributed by atoms with E-state index in [9.17, 15) is 4.79 Å². The Bertz CT molecular complexity index is 513. The molecule has 3 rings (SSSR count). The van der Waals surface area contributed by atoms with Crippen LogP contribution in [0.5, 0.6) is 0 Å². The minimum atomic E-state index is -0.481. The summed E-state index contributed by atoms with van der Waals surface area (Å²) >= 11 is 0. The maximum absolute atomic E-state index is 12.4. The van der Waals surface area contributed by atoms with Crippen molar-refractivity contribution < 1.29 is 4.79 Å². The van der Waals surface area contributed by atoms with E-state index in [4.69, 9.17) is 0 Å². The second-order valence-electron chi connectivity index (χ2n) is 4.37. The second kappa shape index (κ2) is 3.10. The van der Waals surface area contributed by atoms with Crippen LogP contribution in [0.4, 0.5) is 5.69 Å².